The van der Waals surface area contributed by atoms with Crippen molar-refractivity contribution in [1.82, 2.24) is 0 Å². The van der Waals surface area contributed by atoms with E-state index in [1.807, 2.05) is 36.4 Å². The Balaban J connectivity index is 1.81. The molecule has 1 unspecified atom stereocenters. The average molecular weight is 467 g/mol. The molecule has 6 nitrogen and oxygen atoms in total. The first kappa shape index (κ1) is 23.1. The van der Waals surface area contributed by atoms with E-state index in [-0.39, 0.29) is 5.91 Å². The first-order valence-electron chi connectivity index (χ1n) is 9.51. The number of aliphatic carboxylic acids is 1. The number of anilines is 2. The largest absolute Gasteiger partial charge is 0.478 e. The Hall–Kier alpha value is -3.55. The van der Waals surface area contributed by atoms with Gasteiger partial charge in [-0.1, -0.05) is 60.1 Å². The second kappa shape index (κ2) is 11.2. The highest BCUT2D eigenvalue weighted by molar-refractivity contribution is 8.00. The summed E-state index contributed by atoms with van der Waals surface area (Å²) in [6, 6.07) is 23.3. The number of rotatable bonds is 8. The molecule has 8 heteroatoms. The minimum atomic E-state index is -1.21. The van der Waals surface area contributed by atoms with Crippen LogP contribution in [0.3, 0.4) is 0 Å². The Labute approximate surface area is 194 Å². The standard InChI is InChI=1S/C24H19ClN2O4S/c25-19-11-4-5-12-20(19)27-24(31)23(16-7-2-1-3-8-16)32-18-10-6-9-17(15-18)26-21(28)13-14-22(29)30/h1-15,23H,(H,26,28)(H,27,31)(H,29,30)/b14-13+. The molecule has 0 fully saturated rings. The number of halogens is 1. The fourth-order valence-corrected chi connectivity index (χ4v) is 4.04. The van der Waals surface area contributed by atoms with Gasteiger partial charge in [0.1, 0.15) is 5.25 Å². The van der Waals surface area contributed by atoms with E-state index in [0.29, 0.717) is 16.4 Å². The van der Waals surface area contributed by atoms with Crippen molar-refractivity contribution in [2.75, 3.05) is 10.6 Å². The highest BCUT2D eigenvalue weighted by Crippen LogP contribution is 2.37. The zero-order valence-corrected chi connectivity index (χ0v) is 18.3. The third-order valence-corrected chi connectivity index (χ3v) is 5.78. The van der Waals surface area contributed by atoms with E-state index in [1.165, 1.54) is 11.8 Å². The van der Waals surface area contributed by atoms with Gasteiger partial charge in [0.2, 0.25) is 11.8 Å². The summed E-state index contributed by atoms with van der Waals surface area (Å²) >= 11 is 7.51. The number of nitrogens with one attached hydrogen (secondary N) is 2. The van der Waals surface area contributed by atoms with Gasteiger partial charge in [0.15, 0.2) is 0 Å². The number of hydrogen-bond donors (Lipinski definition) is 3. The Morgan fingerprint density at radius 3 is 2.31 bits per heavy atom. The van der Waals surface area contributed by atoms with Gasteiger partial charge in [0, 0.05) is 22.7 Å². The van der Waals surface area contributed by atoms with Gasteiger partial charge in [-0.15, -0.1) is 11.8 Å². The van der Waals surface area contributed by atoms with Crippen LogP contribution in [0, 0.1) is 0 Å². The molecule has 0 aliphatic heterocycles. The molecule has 0 spiro atoms. The summed E-state index contributed by atoms with van der Waals surface area (Å²) in [7, 11) is 0. The zero-order valence-electron chi connectivity index (χ0n) is 16.7. The molecule has 0 heterocycles. The number of hydrogen-bond acceptors (Lipinski definition) is 4. The van der Waals surface area contributed by atoms with Crippen LogP contribution < -0.4 is 10.6 Å². The summed E-state index contributed by atoms with van der Waals surface area (Å²) < 4.78 is 0. The predicted molar refractivity (Wildman–Crippen MR) is 127 cm³/mol. The third kappa shape index (κ3) is 6.73. The van der Waals surface area contributed by atoms with Crippen molar-refractivity contribution in [3.8, 4) is 0 Å². The van der Waals surface area contributed by atoms with E-state index in [4.69, 9.17) is 16.7 Å². The van der Waals surface area contributed by atoms with E-state index >= 15 is 0 Å². The quantitative estimate of drug-likeness (QED) is 0.305. The number of thioether (sulfide) groups is 1. The number of carbonyl (C=O) groups is 3. The molecule has 0 radical (unpaired) electrons. The number of carbonyl (C=O) groups excluding carboxylic acids is 2. The van der Waals surface area contributed by atoms with Crippen molar-refractivity contribution < 1.29 is 19.5 Å². The van der Waals surface area contributed by atoms with Crippen LogP contribution >= 0.6 is 23.4 Å². The first-order valence-corrected chi connectivity index (χ1v) is 10.8. The maximum atomic E-state index is 13.2. The molecule has 0 aromatic heterocycles. The maximum absolute atomic E-state index is 13.2. The van der Waals surface area contributed by atoms with Crippen LogP contribution in [-0.4, -0.2) is 22.9 Å². The molecule has 0 bridgehead atoms. The average Bonchev–Trinajstić information content (AvgIpc) is 2.78. The summed E-state index contributed by atoms with van der Waals surface area (Å²) in [5.41, 5.74) is 1.81. The molecule has 0 saturated heterocycles. The van der Waals surface area contributed by atoms with Crippen LogP contribution in [0.4, 0.5) is 11.4 Å². The normalized spacial score (nSPS) is 11.7. The second-order valence-electron chi connectivity index (χ2n) is 6.57. The number of para-hydroxylation sites is 1. The molecular weight excluding hydrogens is 448 g/mol. The lowest BCUT2D eigenvalue weighted by atomic mass is 10.1. The van der Waals surface area contributed by atoms with E-state index in [1.54, 1.807) is 42.5 Å². The molecule has 0 saturated carbocycles. The van der Waals surface area contributed by atoms with Crippen LogP contribution in [0.1, 0.15) is 10.8 Å². The highest BCUT2D eigenvalue weighted by atomic mass is 35.5. The third-order valence-electron chi connectivity index (χ3n) is 4.20. The molecule has 1 atom stereocenters. The lowest BCUT2D eigenvalue weighted by molar-refractivity contribution is -0.131. The number of amides is 2. The van der Waals surface area contributed by atoms with E-state index in [9.17, 15) is 14.4 Å². The Kier molecular flexibility index (Phi) is 8.08. The van der Waals surface area contributed by atoms with Crippen molar-refractivity contribution in [2.24, 2.45) is 0 Å². The zero-order chi connectivity index (χ0) is 22.9. The van der Waals surface area contributed by atoms with Gasteiger partial charge in [-0.25, -0.2) is 4.79 Å². The molecule has 3 rings (SSSR count). The lowest BCUT2D eigenvalue weighted by Gasteiger charge is -2.18. The minimum Gasteiger partial charge on any atom is -0.478 e. The van der Waals surface area contributed by atoms with Gasteiger partial charge < -0.3 is 15.7 Å². The fourth-order valence-electron chi connectivity index (χ4n) is 2.78. The van der Waals surface area contributed by atoms with Gasteiger partial charge in [-0.3, -0.25) is 9.59 Å². The van der Waals surface area contributed by atoms with E-state index in [2.05, 4.69) is 10.6 Å². The summed E-state index contributed by atoms with van der Waals surface area (Å²) in [6.45, 7) is 0. The summed E-state index contributed by atoms with van der Waals surface area (Å²) in [4.78, 5) is 36.3. The second-order valence-corrected chi connectivity index (χ2v) is 8.15. The van der Waals surface area contributed by atoms with Crippen LogP contribution in [-0.2, 0) is 14.4 Å². The molecular formula is C24H19ClN2O4S. The Morgan fingerprint density at radius 2 is 1.59 bits per heavy atom. The van der Waals surface area contributed by atoms with E-state index in [0.717, 1.165) is 22.6 Å². The number of carboxylic acid groups (broad SMARTS) is 1. The van der Waals surface area contributed by atoms with Crippen molar-refractivity contribution in [1.29, 1.82) is 0 Å². The first-order chi connectivity index (χ1) is 15.4. The summed E-state index contributed by atoms with van der Waals surface area (Å²) in [6.07, 6.45) is 1.70. The Morgan fingerprint density at radius 1 is 0.875 bits per heavy atom. The smallest absolute Gasteiger partial charge is 0.328 e. The predicted octanol–water partition coefficient (Wildman–Crippen LogP) is 5.39. The van der Waals surface area contributed by atoms with Gasteiger partial charge in [0.25, 0.3) is 0 Å². The van der Waals surface area contributed by atoms with Crippen LogP contribution in [0.25, 0.3) is 0 Å². The van der Waals surface area contributed by atoms with E-state index < -0.39 is 17.1 Å². The van der Waals surface area contributed by atoms with Gasteiger partial charge in [-0.2, -0.15) is 0 Å². The SMILES string of the molecule is O=C(O)/C=C/C(=O)Nc1cccc(SC(C(=O)Nc2ccccc2Cl)c2ccccc2)c1. The molecule has 0 aliphatic carbocycles. The van der Waals surface area contributed by atoms with Crippen molar-refractivity contribution in [2.45, 2.75) is 10.1 Å². The lowest BCUT2D eigenvalue weighted by Crippen LogP contribution is -2.19. The molecule has 0 aliphatic rings. The van der Waals surface area contributed by atoms with Crippen LogP contribution in [0.5, 0.6) is 0 Å². The summed E-state index contributed by atoms with van der Waals surface area (Å²) in [5, 5.41) is 14.0. The number of carboxylic acids is 1. The summed E-state index contributed by atoms with van der Waals surface area (Å²) in [5.74, 6) is -2.02. The molecule has 32 heavy (non-hydrogen) atoms. The highest BCUT2D eigenvalue weighted by Gasteiger charge is 2.23. The van der Waals surface area contributed by atoms with Crippen molar-refractivity contribution in [3.63, 3.8) is 0 Å². The van der Waals surface area contributed by atoms with Crippen molar-refractivity contribution in [3.05, 3.63) is 102 Å². The minimum absolute atomic E-state index is 0.242. The van der Waals surface area contributed by atoms with Gasteiger partial charge >= 0.3 is 5.97 Å². The van der Waals surface area contributed by atoms with Crippen molar-refractivity contribution >= 4 is 52.5 Å². The maximum Gasteiger partial charge on any atom is 0.328 e. The van der Waals surface area contributed by atoms with Crippen LogP contribution in [0.2, 0.25) is 5.02 Å². The fraction of sp³-hybridized carbons (Fsp3) is 0.0417. The molecule has 162 valence electrons. The molecule has 3 aromatic carbocycles. The van der Waals surface area contributed by atoms with Gasteiger partial charge in [-0.05, 0) is 35.9 Å². The topological polar surface area (TPSA) is 95.5 Å². The monoisotopic (exact) mass is 466 g/mol. The molecule has 3 aromatic rings. The molecule has 3 N–H and O–H groups in total. The van der Waals surface area contributed by atoms with Crippen LogP contribution in [0.15, 0.2) is 95.9 Å². The molecule has 2 amide bonds. The van der Waals surface area contributed by atoms with Gasteiger partial charge in [0.05, 0.1) is 10.7 Å². The number of benzene rings is 3. The Bertz CT molecular complexity index is 1150.